The van der Waals surface area contributed by atoms with Crippen molar-refractivity contribution in [3.8, 4) is 22.3 Å². The van der Waals surface area contributed by atoms with E-state index in [0.29, 0.717) is 12.5 Å². The molecule has 0 amide bonds. The molecule has 5 heteroatoms. The summed E-state index contributed by atoms with van der Waals surface area (Å²) in [7, 11) is 0. The van der Waals surface area contributed by atoms with Crippen LogP contribution in [0.25, 0.3) is 22.3 Å². The lowest BCUT2D eigenvalue weighted by atomic mass is 9.97. The Bertz CT molecular complexity index is 1100. The Morgan fingerprint density at radius 3 is 2.23 bits per heavy atom. The van der Waals surface area contributed by atoms with E-state index in [4.69, 9.17) is 0 Å². The van der Waals surface area contributed by atoms with Crippen molar-refractivity contribution < 1.29 is 22.0 Å². The first-order valence-electron chi connectivity index (χ1n) is 10.1. The number of halogens is 5. The van der Waals surface area contributed by atoms with Gasteiger partial charge in [-0.1, -0.05) is 44.0 Å². The summed E-state index contributed by atoms with van der Waals surface area (Å²) < 4.78 is 67.2. The summed E-state index contributed by atoms with van der Waals surface area (Å²) in [4.78, 5) is 0. The van der Waals surface area contributed by atoms with Crippen molar-refractivity contribution in [2.75, 3.05) is 0 Å². The minimum atomic E-state index is -4.78. The van der Waals surface area contributed by atoms with Crippen LogP contribution in [0.5, 0.6) is 0 Å². The van der Waals surface area contributed by atoms with Crippen LogP contribution in [-0.4, -0.2) is 0 Å². The van der Waals surface area contributed by atoms with Gasteiger partial charge in [-0.3, -0.25) is 0 Å². The van der Waals surface area contributed by atoms with E-state index in [1.807, 2.05) is 6.07 Å². The fraction of sp³-hybridized carbons (Fsp3) is 0.280. The first-order chi connectivity index (χ1) is 14.3. The molecule has 0 aromatic heterocycles. The average Bonchev–Trinajstić information content (AvgIpc) is 3.03. The molecule has 4 rings (SSSR count). The van der Waals surface area contributed by atoms with Gasteiger partial charge in [0, 0.05) is 5.56 Å². The number of alkyl halides is 3. The summed E-state index contributed by atoms with van der Waals surface area (Å²) in [5.74, 6) is -1.98. The van der Waals surface area contributed by atoms with Crippen LogP contribution in [0.15, 0.2) is 48.5 Å². The smallest absolute Gasteiger partial charge is 0.206 e. The van der Waals surface area contributed by atoms with Crippen molar-refractivity contribution in [1.82, 2.24) is 0 Å². The van der Waals surface area contributed by atoms with Gasteiger partial charge >= 0.3 is 6.18 Å². The summed E-state index contributed by atoms with van der Waals surface area (Å²) in [6.07, 6.45) is 0.305. The number of hydrogen-bond acceptors (Lipinski definition) is 0. The zero-order valence-electron chi connectivity index (χ0n) is 16.5. The van der Waals surface area contributed by atoms with Gasteiger partial charge in [0.05, 0.1) is 5.56 Å². The molecule has 0 radical (unpaired) electrons. The predicted octanol–water partition coefficient (Wildman–Crippen LogP) is 7.95. The zero-order chi connectivity index (χ0) is 21.5. The van der Waals surface area contributed by atoms with Gasteiger partial charge in [0.15, 0.2) is 0 Å². The Kier molecular flexibility index (Phi) is 5.39. The van der Waals surface area contributed by atoms with Crippen LogP contribution < -0.4 is 0 Å². The summed E-state index contributed by atoms with van der Waals surface area (Å²) in [5.41, 5.74) is 3.89. The highest BCUT2D eigenvalue weighted by molar-refractivity contribution is 5.81. The summed E-state index contributed by atoms with van der Waals surface area (Å²) in [6.45, 7) is 2.16. The Morgan fingerprint density at radius 2 is 1.53 bits per heavy atom. The number of hydrogen-bond donors (Lipinski definition) is 0. The van der Waals surface area contributed by atoms with Gasteiger partial charge in [0.25, 0.3) is 0 Å². The van der Waals surface area contributed by atoms with E-state index in [-0.39, 0.29) is 11.1 Å². The lowest BCUT2D eigenvalue weighted by Crippen LogP contribution is -2.08. The molecule has 156 valence electrons. The van der Waals surface area contributed by atoms with Crippen molar-refractivity contribution in [3.05, 3.63) is 82.4 Å². The Morgan fingerprint density at radius 1 is 0.767 bits per heavy atom. The first-order valence-corrected chi connectivity index (χ1v) is 10.1. The second kappa shape index (κ2) is 7.86. The molecule has 0 bridgehead atoms. The average molecular weight is 416 g/mol. The molecule has 0 saturated heterocycles. The molecule has 0 fully saturated rings. The number of aryl methyl sites for hydroxylation is 1. The van der Waals surface area contributed by atoms with Crippen LogP contribution in [0, 0.1) is 11.6 Å². The third-order valence-electron chi connectivity index (χ3n) is 5.69. The van der Waals surface area contributed by atoms with E-state index in [9.17, 15) is 22.0 Å². The van der Waals surface area contributed by atoms with Gasteiger partial charge in [-0.05, 0) is 76.9 Å². The quantitative estimate of drug-likeness (QED) is 0.229. The maximum Gasteiger partial charge on any atom is 0.419 e. The third kappa shape index (κ3) is 3.85. The molecule has 0 aliphatic heterocycles. The molecule has 0 heterocycles. The number of benzene rings is 3. The first kappa shape index (κ1) is 20.6. The van der Waals surface area contributed by atoms with Gasteiger partial charge in [-0.2, -0.15) is 13.2 Å². The van der Waals surface area contributed by atoms with Crippen LogP contribution in [-0.2, 0) is 19.0 Å². The molecule has 1 aliphatic rings. The molecule has 3 aromatic carbocycles. The molecule has 30 heavy (non-hydrogen) atoms. The molecule has 0 unspecified atom stereocenters. The van der Waals surface area contributed by atoms with Gasteiger partial charge in [-0.15, -0.1) is 0 Å². The normalized spacial score (nSPS) is 12.7. The zero-order valence-corrected chi connectivity index (χ0v) is 16.5. The van der Waals surface area contributed by atoms with Crippen LogP contribution >= 0.6 is 0 Å². The highest BCUT2D eigenvalue weighted by atomic mass is 19.4. The molecule has 0 atom stereocenters. The lowest BCUT2D eigenvalue weighted by molar-refractivity contribution is -0.139. The second-order valence-electron chi connectivity index (χ2n) is 7.81. The van der Waals surface area contributed by atoms with E-state index in [1.165, 1.54) is 18.1 Å². The van der Waals surface area contributed by atoms with Gasteiger partial charge in [0.1, 0.15) is 11.6 Å². The fourth-order valence-electron chi connectivity index (χ4n) is 4.14. The van der Waals surface area contributed by atoms with Gasteiger partial charge in [0.2, 0.25) is 0 Å². The SMILES string of the molecule is CCCCCc1ccc2c(c1)Cc1cc(-c3ccc(C(F)(F)F)c(F)c3)c(F)cc1-2. The van der Waals surface area contributed by atoms with Gasteiger partial charge in [-0.25, -0.2) is 8.78 Å². The Labute approximate surface area is 172 Å². The summed E-state index contributed by atoms with van der Waals surface area (Å²) in [6, 6.07) is 11.8. The molecule has 1 aliphatic carbocycles. The summed E-state index contributed by atoms with van der Waals surface area (Å²) >= 11 is 0. The van der Waals surface area contributed by atoms with Crippen molar-refractivity contribution >= 4 is 0 Å². The highest BCUT2D eigenvalue weighted by Gasteiger charge is 2.34. The number of unbranched alkanes of at least 4 members (excludes halogenated alkanes) is 2. The van der Waals surface area contributed by atoms with E-state index in [0.717, 1.165) is 53.6 Å². The second-order valence-corrected chi connectivity index (χ2v) is 7.81. The number of fused-ring (bicyclic) bond motifs is 3. The van der Waals surface area contributed by atoms with Gasteiger partial charge < -0.3 is 0 Å². The minimum Gasteiger partial charge on any atom is -0.206 e. The molecule has 0 spiro atoms. The highest BCUT2D eigenvalue weighted by Crippen LogP contribution is 2.41. The molecule has 3 aromatic rings. The maximum absolute atomic E-state index is 14.8. The Balaban J connectivity index is 1.66. The molecule has 0 nitrogen and oxygen atoms in total. The fourth-order valence-corrected chi connectivity index (χ4v) is 4.14. The Hall–Kier alpha value is -2.69. The standard InChI is InChI=1S/C25H21F5/c1-2-3-4-5-15-6-8-19-17(10-15)11-18-12-21(23(26)14-20(18)19)16-7-9-22(24(27)13-16)25(28,29)30/h6-10,12-14H,2-5,11H2,1H3. The van der Waals surface area contributed by atoms with Crippen molar-refractivity contribution in [2.24, 2.45) is 0 Å². The lowest BCUT2D eigenvalue weighted by Gasteiger charge is -2.11. The molecular formula is C25H21F5. The molecule has 0 N–H and O–H groups in total. The third-order valence-corrected chi connectivity index (χ3v) is 5.69. The van der Waals surface area contributed by atoms with E-state index in [2.05, 4.69) is 19.1 Å². The van der Waals surface area contributed by atoms with Crippen molar-refractivity contribution in [3.63, 3.8) is 0 Å². The van der Waals surface area contributed by atoms with Crippen LogP contribution in [0.2, 0.25) is 0 Å². The van der Waals surface area contributed by atoms with E-state index < -0.39 is 23.4 Å². The molecule has 0 saturated carbocycles. The monoisotopic (exact) mass is 416 g/mol. The van der Waals surface area contributed by atoms with Crippen LogP contribution in [0.1, 0.15) is 48.4 Å². The van der Waals surface area contributed by atoms with Crippen LogP contribution in [0.3, 0.4) is 0 Å². The van der Waals surface area contributed by atoms with Crippen LogP contribution in [0.4, 0.5) is 22.0 Å². The maximum atomic E-state index is 14.8. The van der Waals surface area contributed by atoms with Crippen molar-refractivity contribution in [1.29, 1.82) is 0 Å². The predicted molar refractivity (Wildman–Crippen MR) is 108 cm³/mol. The molecular weight excluding hydrogens is 395 g/mol. The topological polar surface area (TPSA) is 0 Å². The minimum absolute atomic E-state index is 0.0945. The van der Waals surface area contributed by atoms with E-state index in [1.54, 1.807) is 6.07 Å². The van der Waals surface area contributed by atoms with Crippen molar-refractivity contribution in [2.45, 2.75) is 45.2 Å². The van der Waals surface area contributed by atoms with E-state index >= 15 is 0 Å². The number of rotatable bonds is 5. The summed E-state index contributed by atoms with van der Waals surface area (Å²) in [5, 5.41) is 0. The largest absolute Gasteiger partial charge is 0.419 e.